The Labute approximate surface area is 267 Å². The molecule has 8 aliphatic carbocycles. The molecule has 9 aliphatic rings. The maximum atomic E-state index is 2.62. The van der Waals surface area contributed by atoms with E-state index in [1.807, 2.05) is 0 Å². The maximum absolute atomic E-state index is 2.62. The van der Waals surface area contributed by atoms with Crippen LogP contribution in [0.3, 0.4) is 0 Å². The van der Waals surface area contributed by atoms with Gasteiger partial charge in [-0.25, -0.2) is 0 Å². The predicted octanol–water partition coefficient (Wildman–Crippen LogP) is 9.96. The largest absolute Gasteiger partial charge is 0.251 e. The lowest BCUT2D eigenvalue weighted by molar-refractivity contribution is 0.356. The molecule has 0 atom stereocenters. The Morgan fingerprint density at radius 1 is 0.333 bits per heavy atom. The van der Waals surface area contributed by atoms with E-state index in [-0.39, 0.29) is 0 Å². The van der Waals surface area contributed by atoms with Crippen LogP contribution in [0.25, 0.3) is 10.8 Å². The molecule has 8 bridgehead atoms. The van der Waals surface area contributed by atoms with E-state index in [9.17, 15) is 0 Å². The molecule has 1 nitrogen and oxygen atoms in total. The molecule has 0 radical (unpaired) electrons. The van der Waals surface area contributed by atoms with Crippen molar-refractivity contribution in [2.45, 2.75) is 64.5 Å². The van der Waals surface area contributed by atoms with Gasteiger partial charge in [0.15, 0.2) is 0 Å². The summed E-state index contributed by atoms with van der Waals surface area (Å²) in [6.45, 7) is 1.98. The molecule has 1 heteroatoms. The minimum atomic E-state index is 0.873. The van der Waals surface area contributed by atoms with E-state index in [2.05, 4.69) is 121 Å². The molecule has 6 aromatic carbocycles. The number of hydrogen-bond donors (Lipinski definition) is 0. The van der Waals surface area contributed by atoms with Crippen molar-refractivity contribution >= 4 is 22.1 Å². The SMILES string of the molecule is c1cc2c3c(cccc3c1)C[N+](c1cc3ccc1CCc1ccc(cc1)CC3)(c1cc3ccc1CCc1ccc(cc1)CC3)C2. The molecule has 15 rings (SSSR count). The average molecular weight is 583 g/mol. The van der Waals surface area contributed by atoms with Gasteiger partial charge in [0.05, 0.1) is 0 Å². The summed E-state index contributed by atoms with van der Waals surface area (Å²) in [4.78, 5) is 0. The fourth-order valence-electron chi connectivity index (χ4n) is 8.50. The van der Waals surface area contributed by atoms with Gasteiger partial charge in [0, 0.05) is 34.4 Å². The Balaban J connectivity index is 1.27. The highest BCUT2D eigenvalue weighted by molar-refractivity contribution is 5.91. The number of quaternary nitrogens is 1. The Morgan fingerprint density at radius 3 is 1.16 bits per heavy atom. The molecule has 45 heavy (non-hydrogen) atoms. The summed E-state index contributed by atoms with van der Waals surface area (Å²) in [6.07, 6.45) is 8.56. The van der Waals surface area contributed by atoms with Crippen LogP contribution in [-0.2, 0) is 64.5 Å². The molecule has 6 aromatic rings. The van der Waals surface area contributed by atoms with Crippen molar-refractivity contribution in [1.82, 2.24) is 4.48 Å². The van der Waals surface area contributed by atoms with E-state index in [0.717, 1.165) is 68.9 Å². The molecule has 1 heterocycles. The molecule has 0 fully saturated rings. The van der Waals surface area contributed by atoms with Crippen molar-refractivity contribution in [3.63, 3.8) is 0 Å². The number of nitrogens with zero attached hydrogens (tertiary/aromatic N) is 1. The molecule has 1 aliphatic heterocycles. The Bertz CT molecular complexity index is 1900. The lowest BCUT2D eigenvalue weighted by Gasteiger charge is -2.43. The molecule has 0 amide bonds. The van der Waals surface area contributed by atoms with Gasteiger partial charge in [0.2, 0.25) is 0 Å². The normalized spacial score (nSPS) is 16.6. The number of aryl methyl sites for hydroxylation is 8. The highest BCUT2D eigenvalue weighted by Crippen LogP contribution is 2.48. The van der Waals surface area contributed by atoms with Crippen molar-refractivity contribution in [3.8, 4) is 0 Å². The van der Waals surface area contributed by atoms with Gasteiger partial charge in [-0.05, 0) is 95.5 Å². The topological polar surface area (TPSA) is 0 Å². The first-order valence-corrected chi connectivity index (χ1v) is 17.0. The molecular formula is C44H40N+. The third-order valence-electron chi connectivity index (χ3n) is 11.0. The van der Waals surface area contributed by atoms with E-state index < -0.39 is 0 Å². The van der Waals surface area contributed by atoms with Crippen LogP contribution >= 0.6 is 0 Å². The van der Waals surface area contributed by atoms with Crippen molar-refractivity contribution < 1.29 is 0 Å². The molecule has 0 saturated heterocycles. The Morgan fingerprint density at radius 2 is 0.711 bits per heavy atom. The number of hydrogen-bond acceptors (Lipinski definition) is 0. The molecular weight excluding hydrogens is 542 g/mol. The van der Waals surface area contributed by atoms with Gasteiger partial charge in [-0.15, -0.1) is 0 Å². The summed E-state index contributed by atoms with van der Waals surface area (Å²) < 4.78 is 0.873. The molecule has 0 N–H and O–H groups in total. The van der Waals surface area contributed by atoms with Crippen molar-refractivity contribution in [3.05, 3.63) is 177 Å². The number of benzene rings is 6. The van der Waals surface area contributed by atoms with Gasteiger partial charge in [-0.1, -0.05) is 109 Å². The fraction of sp³-hybridized carbons (Fsp3) is 0.227. The lowest BCUT2D eigenvalue weighted by Crippen LogP contribution is -2.46. The second-order valence-electron chi connectivity index (χ2n) is 13.8. The highest BCUT2D eigenvalue weighted by Gasteiger charge is 2.42. The fourth-order valence-corrected chi connectivity index (χ4v) is 8.50. The van der Waals surface area contributed by atoms with Crippen LogP contribution in [0.5, 0.6) is 0 Å². The highest BCUT2D eigenvalue weighted by atomic mass is 15.4. The first kappa shape index (κ1) is 26.9. The van der Waals surface area contributed by atoms with Crippen LogP contribution in [0.15, 0.2) is 121 Å². The minimum Gasteiger partial charge on any atom is -0.251 e. The van der Waals surface area contributed by atoms with Gasteiger partial charge >= 0.3 is 0 Å². The zero-order valence-electron chi connectivity index (χ0n) is 26.1. The van der Waals surface area contributed by atoms with Crippen molar-refractivity contribution in [2.24, 2.45) is 0 Å². The van der Waals surface area contributed by atoms with Crippen LogP contribution in [0.4, 0.5) is 11.4 Å². The Kier molecular flexibility index (Phi) is 6.49. The van der Waals surface area contributed by atoms with Crippen LogP contribution < -0.4 is 4.48 Å². The zero-order chi connectivity index (χ0) is 29.8. The summed E-state index contributed by atoms with van der Waals surface area (Å²) in [6, 6.07) is 47.9. The van der Waals surface area contributed by atoms with Gasteiger partial charge in [-0.2, -0.15) is 0 Å². The van der Waals surface area contributed by atoms with Crippen LogP contribution in [0.2, 0.25) is 0 Å². The monoisotopic (exact) mass is 582 g/mol. The molecule has 0 aromatic heterocycles. The standard InChI is InChI=1S/C44H40N/c1-3-39-4-2-6-41-30-45(29-40(5-1)44(39)41,42-27-35-17-15-31-7-11-33(12-8-31)19-23-37(42)25-21-35)43-28-36-18-16-32-9-13-34(14-10-32)20-24-38(43)26-22-36/h1-14,21-22,25-28H,15-20,23-24,29-30H2/q+1. The molecule has 0 unspecified atom stereocenters. The van der Waals surface area contributed by atoms with Crippen LogP contribution in [-0.4, -0.2) is 0 Å². The zero-order valence-corrected chi connectivity index (χ0v) is 26.1. The quantitative estimate of drug-likeness (QED) is 0.178. The summed E-state index contributed by atoms with van der Waals surface area (Å²) >= 11 is 0. The predicted molar refractivity (Wildman–Crippen MR) is 188 cm³/mol. The van der Waals surface area contributed by atoms with E-state index in [1.165, 1.54) is 77.8 Å². The van der Waals surface area contributed by atoms with E-state index in [4.69, 9.17) is 0 Å². The summed E-state index contributed by atoms with van der Waals surface area (Å²) in [5.74, 6) is 0. The van der Waals surface area contributed by atoms with E-state index in [0.29, 0.717) is 0 Å². The van der Waals surface area contributed by atoms with Gasteiger partial charge in [0.25, 0.3) is 0 Å². The summed E-state index contributed by atoms with van der Waals surface area (Å²) in [7, 11) is 0. The third kappa shape index (κ3) is 4.82. The van der Waals surface area contributed by atoms with Gasteiger partial charge in [0.1, 0.15) is 24.5 Å². The summed E-state index contributed by atoms with van der Waals surface area (Å²) in [5, 5.41) is 2.85. The Hall–Kier alpha value is -4.46. The number of rotatable bonds is 2. The summed E-state index contributed by atoms with van der Waals surface area (Å²) in [5.41, 5.74) is 17.7. The third-order valence-corrected chi connectivity index (χ3v) is 11.0. The van der Waals surface area contributed by atoms with Crippen molar-refractivity contribution in [1.29, 1.82) is 0 Å². The van der Waals surface area contributed by atoms with Gasteiger partial charge < -0.3 is 0 Å². The van der Waals surface area contributed by atoms with Crippen molar-refractivity contribution in [2.75, 3.05) is 0 Å². The maximum Gasteiger partial charge on any atom is 0.141 e. The van der Waals surface area contributed by atoms with E-state index in [1.54, 1.807) is 0 Å². The first-order valence-electron chi connectivity index (χ1n) is 17.0. The van der Waals surface area contributed by atoms with Gasteiger partial charge in [-0.3, -0.25) is 4.48 Å². The minimum absolute atomic E-state index is 0.873. The molecule has 220 valence electrons. The molecule has 0 saturated carbocycles. The molecule has 0 spiro atoms. The lowest BCUT2D eigenvalue weighted by atomic mass is 9.87. The van der Waals surface area contributed by atoms with Crippen LogP contribution in [0, 0.1) is 0 Å². The second-order valence-corrected chi connectivity index (χ2v) is 13.8. The second kappa shape index (κ2) is 10.9. The van der Waals surface area contributed by atoms with Crippen LogP contribution in [0.1, 0.15) is 55.6 Å². The van der Waals surface area contributed by atoms with E-state index >= 15 is 0 Å². The first-order chi connectivity index (χ1) is 22.2. The smallest absolute Gasteiger partial charge is 0.141 e. The average Bonchev–Trinajstić information content (AvgIpc) is 3.07.